The Hall–Kier alpha value is -2.57. The molecule has 1 heterocycles. The first-order valence-corrected chi connectivity index (χ1v) is 14.8. The predicted molar refractivity (Wildman–Crippen MR) is 156 cm³/mol. The molecule has 5 nitrogen and oxygen atoms in total. The largest absolute Gasteiger partial charge is 0.463 e. The summed E-state index contributed by atoms with van der Waals surface area (Å²) >= 11 is 1.39. The number of unbranched alkanes of at least 4 members (excludes halogenated alkanes) is 7. The van der Waals surface area contributed by atoms with Gasteiger partial charge < -0.3 is 14.3 Å². The topological polar surface area (TPSA) is 76.7 Å². The first-order chi connectivity index (χ1) is 18.4. The molecule has 0 radical (unpaired) electrons. The molecule has 0 spiro atoms. The van der Waals surface area contributed by atoms with Crippen LogP contribution in [0.2, 0.25) is 0 Å². The van der Waals surface area contributed by atoms with Gasteiger partial charge in [-0.05, 0) is 55.0 Å². The first kappa shape index (κ1) is 30.0. The Balaban J connectivity index is 1.77. The SMILES string of the molecule is CCCCCCCCCc1ccccc1C[C@](O)(CCCC)Sc1ccc2c(=O)cc(C(=O)OC)oc2c1. The van der Waals surface area contributed by atoms with Crippen LogP contribution in [0.25, 0.3) is 11.0 Å². The molecule has 206 valence electrons. The Kier molecular flexibility index (Phi) is 11.9. The molecule has 1 aromatic heterocycles. The van der Waals surface area contributed by atoms with Gasteiger partial charge in [0, 0.05) is 17.4 Å². The second-order valence-corrected chi connectivity index (χ2v) is 11.5. The Morgan fingerprint density at radius 3 is 2.32 bits per heavy atom. The molecular weight excluding hydrogens is 496 g/mol. The lowest BCUT2D eigenvalue weighted by Gasteiger charge is -2.29. The van der Waals surface area contributed by atoms with E-state index in [1.54, 1.807) is 12.1 Å². The van der Waals surface area contributed by atoms with E-state index < -0.39 is 10.9 Å². The molecule has 0 unspecified atom stereocenters. The highest BCUT2D eigenvalue weighted by molar-refractivity contribution is 8.00. The van der Waals surface area contributed by atoms with Crippen LogP contribution in [0.1, 0.15) is 99.7 Å². The summed E-state index contributed by atoms with van der Waals surface area (Å²) in [7, 11) is 1.25. The van der Waals surface area contributed by atoms with Gasteiger partial charge in [-0.2, -0.15) is 0 Å². The average molecular weight is 539 g/mol. The summed E-state index contributed by atoms with van der Waals surface area (Å²) in [4.78, 5) is 24.2. The number of aryl methyl sites for hydroxylation is 1. The Morgan fingerprint density at radius 2 is 1.61 bits per heavy atom. The molecule has 0 amide bonds. The maximum Gasteiger partial charge on any atom is 0.374 e. The number of aliphatic hydroxyl groups is 1. The zero-order valence-corrected chi connectivity index (χ0v) is 23.9. The molecule has 0 aliphatic carbocycles. The number of esters is 1. The van der Waals surface area contributed by atoms with Crippen molar-refractivity contribution in [3.8, 4) is 0 Å². The van der Waals surface area contributed by atoms with Crippen LogP contribution in [0, 0.1) is 0 Å². The average Bonchev–Trinajstić information content (AvgIpc) is 2.91. The zero-order valence-electron chi connectivity index (χ0n) is 23.1. The zero-order chi connectivity index (χ0) is 27.4. The van der Waals surface area contributed by atoms with Crippen LogP contribution in [0.3, 0.4) is 0 Å². The lowest BCUT2D eigenvalue weighted by molar-refractivity contribution is 0.0565. The lowest BCUT2D eigenvalue weighted by atomic mass is 9.95. The van der Waals surface area contributed by atoms with E-state index in [2.05, 4.69) is 32.0 Å². The van der Waals surface area contributed by atoms with Gasteiger partial charge in [-0.1, -0.05) is 94.8 Å². The van der Waals surface area contributed by atoms with Crippen LogP contribution in [0.15, 0.2) is 62.6 Å². The Morgan fingerprint density at radius 1 is 0.921 bits per heavy atom. The molecule has 38 heavy (non-hydrogen) atoms. The molecule has 2 aromatic carbocycles. The van der Waals surface area contributed by atoms with Gasteiger partial charge in [0.1, 0.15) is 10.5 Å². The quantitative estimate of drug-likeness (QED) is 0.0859. The molecule has 0 fully saturated rings. The third-order valence-electron chi connectivity index (χ3n) is 6.95. The Bertz CT molecular complexity index is 1230. The fourth-order valence-electron chi connectivity index (χ4n) is 4.79. The lowest BCUT2D eigenvalue weighted by Crippen LogP contribution is -2.27. The van der Waals surface area contributed by atoms with E-state index in [1.807, 2.05) is 12.1 Å². The smallest absolute Gasteiger partial charge is 0.374 e. The molecule has 0 saturated carbocycles. The summed E-state index contributed by atoms with van der Waals surface area (Å²) in [5.74, 6) is -0.827. The van der Waals surface area contributed by atoms with E-state index >= 15 is 0 Å². The summed E-state index contributed by atoms with van der Waals surface area (Å²) in [6.07, 6.45) is 13.0. The molecule has 6 heteroatoms. The van der Waals surface area contributed by atoms with Crippen molar-refractivity contribution in [2.24, 2.45) is 0 Å². The van der Waals surface area contributed by atoms with Crippen LogP contribution in [0.4, 0.5) is 0 Å². The van der Waals surface area contributed by atoms with Crippen molar-refractivity contribution in [3.05, 3.63) is 75.6 Å². The summed E-state index contributed by atoms with van der Waals surface area (Å²) < 4.78 is 10.4. The van der Waals surface area contributed by atoms with Crippen molar-refractivity contribution in [1.82, 2.24) is 0 Å². The van der Waals surface area contributed by atoms with Crippen LogP contribution in [0.5, 0.6) is 0 Å². The number of fused-ring (bicyclic) bond motifs is 1. The van der Waals surface area contributed by atoms with Crippen LogP contribution in [-0.4, -0.2) is 23.1 Å². The number of ether oxygens (including phenoxy) is 1. The molecule has 3 aromatic rings. The van der Waals surface area contributed by atoms with Gasteiger partial charge >= 0.3 is 5.97 Å². The van der Waals surface area contributed by atoms with Crippen LogP contribution < -0.4 is 5.43 Å². The van der Waals surface area contributed by atoms with Crippen LogP contribution in [-0.2, 0) is 17.6 Å². The van der Waals surface area contributed by atoms with Gasteiger partial charge in [-0.15, -0.1) is 0 Å². The number of hydrogen-bond donors (Lipinski definition) is 1. The van der Waals surface area contributed by atoms with Crippen molar-refractivity contribution in [1.29, 1.82) is 0 Å². The second-order valence-electron chi connectivity index (χ2n) is 10.1. The van der Waals surface area contributed by atoms with Crippen molar-refractivity contribution in [2.75, 3.05) is 7.11 Å². The standard InChI is InChI=1S/C32H42O5S/c1-4-6-8-9-10-11-12-15-24-16-13-14-17-25(24)23-32(35,20-7-5-2)38-26-18-19-27-28(33)22-30(31(34)36-3)37-29(27)21-26/h13-14,16-19,21-22,35H,4-12,15,20,23H2,1-3H3/t32-/m0/s1. The second kappa shape index (κ2) is 15.1. The van der Waals surface area contributed by atoms with E-state index in [0.29, 0.717) is 23.8 Å². The number of methoxy groups -OCH3 is 1. The van der Waals surface area contributed by atoms with Gasteiger partial charge in [-0.3, -0.25) is 4.79 Å². The number of thioether (sulfide) groups is 1. The van der Waals surface area contributed by atoms with Crippen molar-refractivity contribution in [2.45, 2.75) is 101 Å². The summed E-state index contributed by atoms with van der Waals surface area (Å²) in [6, 6.07) is 14.9. The van der Waals surface area contributed by atoms with E-state index in [0.717, 1.165) is 36.6 Å². The molecule has 0 aliphatic heterocycles. The highest BCUT2D eigenvalue weighted by Crippen LogP contribution is 2.39. The summed E-state index contributed by atoms with van der Waals surface area (Å²) in [6.45, 7) is 4.37. The fourth-order valence-corrected chi connectivity index (χ4v) is 6.01. The third-order valence-corrected chi connectivity index (χ3v) is 8.17. The number of benzene rings is 2. The molecule has 1 N–H and O–H groups in total. The first-order valence-electron chi connectivity index (χ1n) is 14.0. The highest BCUT2D eigenvalue weighted by Gasteiger charge is 2.29. The predicted octanol–water partition coefficient (Wildman–Crippen LogP) is 8.09. The van der Waals surface area contributed by atoms with Crippen molar-refractivity contribution < 1.29 is 19.1 Å². The normalized spacial score (nSPS) is 12.9. The van der Waals surface area contributed by atoms with Gasteiger partial charge in [0.2, 0.25) is 5.76 Å². The van der Waals surface area contributed by atoms with Crippen molar-refractivity contribution >= 4 is 28.7 Å². The number of carbonyl (C=O) groups is 1. The number of hydrogen-bond acceptors (Lipinski definition) is 6. The Labute approximate surface area is 231 Å². The maximum atomic E-state index is 12.5. The van der Waals surface area contributed by atoms with Crippen molar-refractivity contribution in [3.63, 3.8) is 0 Å². The van der Waals surface area contributed by atoms with E-state index in [4.69, 9.17) is 9.15 Å². The number of carbonyl (C=O) groups excluding carboxylic acids is 1. The fraction of sp³-hybridized carbons (Fsp3) is 0.500. The van der Waals surface area contributed by atoms with E-state index in [-0.39, 0.29) is 11.2 Å². The van der Waals surface area contributed by atoms with Crippen LogP contribution >= 0.6 is 11.8 Å². The molecule has 0 aliphatic rings. The molecular formula is C32H42O5S. The third kappa shape index (κ3) is 8.74. The monoisotopic (exact) mass is 538 g/mol. The van der Waals surface area contributed by atoms with Gasteiger partial charge in [0.15, 0.2) is 5.43 Å². The molecule has 3 rings (SSSR count). The maximum absolute atomic E-state index is 12.5. The minimum absolute atomic E-state index is 0.132. The minimum Gasteiger partial charge on any atom is -0.463 e. The molecule has 0 saturated heterocycles. The highest BCUT2D eigenvalue weighted by atomic mass is 32.2. The molecule has 1 atom stereocenters. The summed E-state index contributed by atoms with van der Waals surface area (Å²) in [5, 5.41) is 12.3. The van der Waals surface area contributed by atoms with Gasteiger partial charge in [-0.25, -0.2) is 4.79 Å². The summed E-state index contributed by atoms with van der Waals surface area (Å²) in [5.41, 5.74) is 2.50. The molecule has 0 bridgehead atoms. The van der Waals surface area contributed by atoms with Gasteiger partial charge in [0.05, 0.1) is 12.5 Å². The van der Waals surface area contributed by atoms with E-state index in [9.17, 15) is 14.7 Å². The van der Waals surface area contributed by atoms with E-state index in [1.165, 1.54) is 68.5 Å². The minimum atomic E-state index is -1.01. The number of rotatable bonds is 16. The van der Waals surface area contributed by atoms with Gasteiger partial charge in [0.25, 0.3) is 0 Å².